The summed E-state index contributed by atoms with van der Waals surface area (Å²) in [5, 5.41) is 2.79. The Bertz CT molecular complexity index is 993. The first-order valence-electron chi connectivity index (χ1n) is 7.44. The zero-order valence-electron chi connectivity index (χ0n) is 13.1. The number of rotatable bonds is 5. The number of imidazole rings is 1. The molecule has 124 valence electrons. The molecule has 0 saturated carbocycles. The fourth-order valence-corrected chi connectivity index (χ4v) is 3.11. The smallest absolute Gasteiger partial charge is 0.251 e. The second-order valence-corrected chi connectivity index (χ2v) is 7.49. The molecule has 1 N–H and O–H groups in total. The fraction of sp³-hybridized carbons (Fsp3) is 0.176. The van der Waals surface area contributed by atoms with Gasteiger partial charge in [0.05, 0.1) is 16.6 Å². The van der Waals surface area contributed by atoms with Crippen LogP contribution in [-0.4, -0.2) is 36.5 Å². The second-order valence-electron chi connectivity index (χ2n) is 5.48. The third-order valence-corrected chi connectivity index (χ3v) is 4.78. The van der Waals surface area contributed by atoms with Gasteiger partial charge in [0, 0.05) is 31.0 Å². The summed E-state index contributed by atoms with van der Waals surface area (Å²) < 4.78 is 25.1. The van der Waals surface area contributed by atoms with Crippen LogP contribution < -0.4 is 5.32 Å². The van der Waals surface area contributed by atoms with E-state index in [9.17, 15) is 13.2 Å². The molecule has 3 aromatic rings. The second kappa shape index (κ2) is 6.45. The molecule has 0 unspecified atom stereocenters. The average molecular weight is 343 g/mol. The number of amides is 1. The largest absolute Gasteiger partial charge is 0.352 e. The van der Waals surface area contributed by atoms with Gasteiger partial charge in [0.25, 0.3) is 5.91 Å². The van der Waals surface area contributed by atoms with Crippen molar-refractivity contribution in [2.45, 2.75) is 11.3 Å². The Morgan fingerprint density at radius 1 is 1.21 bits per heavy atom. The molecule has 7 heteroatoms. The van der Waals surface area contributed by atoms with Gasteiger partial charge in [-0.15, -0.1) is 0 Å². The maximum atomic E-state index is 12.2. The van der Waals surface area contributed by atoms with Gasteiger partial charge in [-0.05, 0) is 30.3 Å². The number of benzene rings is 1. The molecule has 1 aromatic carbocycles. The number of aromatic nitrogens is 2. The van der Waals surface area contributed by atoms with Crippen molar-refractivity contribution in [2.75, 3.05) is 12.8 Å². The molecule has 0 bridgehead atoms. The van der Waals surface area contributed by atoms with E-state index in [-0.39, 0.29) is 10.8 Å². The van der Waals surface area contributed by atoms with E-state index in [0.29, 0.717) is 18.5 Å². The Morgan fingerprint density at radius 3 is 2.83 bits per heavy atom. The van der Waals surface area contributed by atoms with Crippen LogP contribution in [0.4, 0.5) is 0 Å². The van der Waals surface area contributed by atoms with Crippen LogP contribution in [-0.2, 0) is 16.3 Å². The van der Waals surface area contributed by atoms with Crippen molar-refractivity contribution in [3.63, 3.8) is 0 Å². The zero-order chi connectivity index (χ0) is 17.2. The monoisotopic (exact) mass is 343 g/mol. The van der Waals surface area contributed by atoms with Crippen LogP contribution in [0.2, 0.25) is 0 Å². The van der Waals surface area contributed by atoms with Crippen molar-refractivity contribution < 1.29 is 13.2 Å². The Morgan fingerprint density at radius 2 is 2.04 bits per heavy atom. The molecule has 1 amide bonds. The summed E-state index contributed by atoms with van der Waals surface area (Å²) >= 11 is 0. The van der Waals surface area contributed by atoms with Crippen LogP contribution in [0.15, 0.2) is 59.8 Å². The summed E-state index contributed by atoms with van der Waals surface area (Å²) in [5.74, 6) is 0.553. The van der Waals surface area contributed by atoms with E-state index in [0.717, 1.165) is 17.6 Å². The number of sulfone groups is 1. The van der Waals surface area contributed by atoms with E-state index in [1.165, 1.54) is 12.1 Å². The highest BCUT2D eigenvalue weighted by molar-refractivity contribution is 7.90. The van der Waals surface area contributed by atoms with Crippen molar-refractivity contribution in [2.24, 2.45) is 0 Å². The van der Waals surface area contributed by atoms with Gasteiger partial charge in [-0.25, -0.2) is 13.4 Å². The van der Waals surface area contributed by atoms with E-state index in [2.05, 4.69) is 10.3 Å². The summed E-state index contributed by atoms with van der Waals surface area (Å²) in [4.78, 5) is 16.7. The van der Waals surface area contributed by atoms with Crippen LogP contribution in [0.3, 0.4) is 0 Å². The quantitative estimate of drug-likeness (QED) is 0.765. The first-order valence-corrected chi connectivity index (χ1v) is 9.33. The number of fused-ring (bicyclic) bond motifs is 1. The number of carbonyl (C=O) groups is 1. The molecule has 24 heavy (non-hydrogen) atoms. The Balaban J connectivity index is 1.66. The van der Waals surface area contributed by atoms with Gasteiger partial charge in [0.15, 0.2) is 9.84 Å². The molecule has 0 radical (unpaired) electrons. The molecule has 3 rings (SSSR count). The van der Waals surface area contributed by atoms with Gasteiger partial charge >= 0.3 is 0 Å². The third-order valence-electron chi connectivity index (χ3n) is 3.67. The summed E-state index contributed by atoms with van der Waals surface area (Å²) in [5.41, 5.74) is 1.32. The van der Waals surface area contributed by atoms with Crippen molar-refractivity contribution in [3.05, 3.63) is 66.2 Å². The standard InChI is InChI=1S/C17H17N3O3S/c1-24(22,23)15-7-4-5-13(11-15)17(21)18-9-8-16-19-12-14-6-2-3-10-20(14)16/h2-7,10-12H,8-9H2,1H3,(H,18,21). The Labute approximate surface area is 140 Å². The molecule has 6 nitrogen and oxygen atoms in total. The Hall–Kier alpha value is -2.67. The maximum absolute atomic E-state index is 12.2. The van der Waals surface area contributed by atoms with Crippen LogP contribution in [0.25, 0.3) is 5.52 Å². The number of nitrogens with zero attached hydrogens (tertiary/aromatic N) is 2. The molecular weight excluding hydrogens is 326 g/mol. The predicted octanol–water partition coefficient (Wildman–Crippen LogP) is 1.71. The first-order chi connectivity index (χ1) is 11.4. The maximum Gasteiger partial charge on any atom is 0.251 e. The van der Waals surface area contributed by atoms with Crippen LogP contribution in [0.1, 0.15) is 16.2 Å². The SMILES string of the molecule is CS(=O)(=O)c1cccc(C(=O)NCCc2ncc3ccccn23)c1. The number of hydrogen-bond acceptors (Lipinski definition) is 4. The first kappa shape index (κ1) is 16.2. The van der Waals surface area contributed by atoms with E-state index in [1.807, 2.05) is 28.8 Å². The van der Waals surface area contributed by atoms with Gasteiger partial charge in [0.2, 0.25) is 0 Å². The Kier molecular flexibility index (Phi) is 4.35. The number of nitrogens with one attached hydrogen (secondary N) is 1. The van der Waals surface area contributed by atoms with Crippen molar-refractivity contribution in [1.82, 2.24) is 14.7 Å². The van der Waals surface area contributed by atoms with Gasteiger partial charge in [-0.1, -0.05) is 12.1 Å². The molecule has 0 fully saturated rings. The minimum absolute atomic E-state index is 0.134. The van der Waals surface area contributed by atoms with Gasteiger partial charge in [-0.3, -0.25) is 4.79 Å². The number of pyridine rings is 1. The molecule has 0 aliphatic carbocycles. The molecule has 0 aliphatic rings. The lowest BCUT2D eigenvalue weighted by atomic mass is 10.2. The summed E-state index contributed by atoms with van der Waals surface area (Å²) in [6.07, 6.45) is 5.41. The highest BCUT2D eigenvalue weighted by Gasteiger charge is 2.11. The lowest BCUT2D eigenvalue weighted by molar-refractivity contribution is 0.0953. The van der Waals surface area contributed by atoms with Crippen LogP contribution >= 0.6 is 0 Å². The van der Waals surface area contributed by atoms with Gasteiger partial charge in [-0.2, -0.15) is 0 Å². The van der Waals surface area contributed by atoms with E-state index in [1.54, 1.807) is 18.3 Å². The molecule has 0 saturated heterocycles. The lowest BCUT2D eigenvalue weighted by Crippen LogP contribution is -2.26. The van der Waals surface area contributed by atoms with E-state index in [4.69, 9.17) is 0 Å². The van der Waals surface area contributed by atoms with E-state index >= 15 is 0 Å². The number of carbonyl (C=O) groups excluding carboxylic acids is 1. The summed E-state index contributed by atoms with van der Waals surface area (Å²) in [6.45, 7) is 0.413. The predicted molar refractivity (Wildman–Crippen MR) is 90.8 cm³/mol. The molecule has 2 aromatic heterocycles. The zero-order valence-corrected chi connectivity index (χ0v) is 14.0. The van der Waals surface area contributed by atoms with Gasteiger partial charge in [0.1, 0.15) is 5.82 Å². The highest BCUT2D eigenvalue weighted by atomic mass is 32.2. The normalized spacial score (nSPS) is 11.5. The average Bonchev–Trinajstić information content (AvgIpc) is 2.97. The highest BCUT2D eigenvalue weighted by Crippen LogP contribution is 2.11. The minimum atomic E-state index is -3.33. The summed E-state index contributed by atoms with van der Waals surface area (Å²) in [6, 6.07) is 11.8. The lowest BCUT2D eigenvalue weighted by Gasteiger charge is -2.06. The molecular formula is C17H17N3O3S. The van der Waals surface area contributed by atoms with Crippen molar-refractivity contribution in [1.29, 1.82) is 0 Å². The van der Waals surface area contributed by atoms with Crippen LogP contribution in [0.5, 0.6) is 0 Å². The topological polar surface area (TPSA) is 80.5 Å². The molecule has 0 spiro atoms. The minimum Gasteiger partial charge on any atom is -0.352 e. The molecule has 0 atom stereocenters. The van der Waals surface area contributed by atoms with Crippen LogP contribution in [0, 0.1) is 0 Å². The summed E-state index contributed by atoms with van der Waals surface area (Å²) in [7, 11) is -3.33. The number of hydrogen-bond donors (Lipinski definition) is 1. The molecule has 2 heterocycles. The fourth-order valence-electron chi connectivity index (χ4n) is 2.44. The van der Waals surface area contributed by atoms with Crippen molar-refractivity contribution in [3.8, 4) is 0 Å². The van der Waals surface area contributed by atoms with Gasteiger partial charge < -0.3 is 9.72 Å². The van der Waals surface area contributed by atoms with E-state index < -0.39 is 9.84 Å². The molecule has 0 aliphatic heterocycles. The third kappa shape index (κ3) is 3.46. The van der Waals surface area contributed by atoms with Crippen molar-refractivity contribution >= 4 is 21.3 Å².